The summed E-state index contributed by atoms with van der Waals surface area (Å²) < 4.78 is 5.77. The summed E-state index contributed by atoms with van der Waals surface area (Å²) in [6.07, 6.45) is 0. The lowest BCUT2D eigenvalue weighted by molar-refractivity contribution is 0.325. The van der Waals surface area contributed by atoms with Crippen LogP contribution < -0.4 is 15.4 Å². The fraction of sp³-hybridized carbons (Fsp3) is 0.294. The molecule has 0 fully saturated rings. The van der Waals surface area contributed by atoms with Crippen LogP contribution in [0.4, 0.5) is 5.69 Å². The number of nitrogens with two attached hydrogens (primary N) is 1. The number of aryl methyl sites for hydroxylation is 1. The predicted molar refractivity (Wildman–Crippen MR) is 84.3 cm³/mol. The second-order valence-corrected chi connectivity index (χ2v) is 4.96. The first kappa shape index (κ1) is 14.4. The maximum Gasteiger partial charge on any atom is 0.119 e. The van der Waals surface area contributed by atoms with Crippen LogP contribution in [0, 0.1) is 6.92 Å². The average Bonchev–Trinajstić information content (AvgIpc) is 2.47. The van der Waals surface area contributed by atoms with E-state index in [1.165, 1.54) is 11.3 Å². The van der Waals surface area contributed by atoms with E-state index in [0.29, 0.717) is 13.2 Å². The third kappa shape index (κ3) is 4.00. The molecule has 0 bridgehead atoms. The standard InChI is InChI=1S/C17H22N2O/c1-14-5-3-7-16(11-14)19(2)9-10-20-17-8-4-6-15(12-17)13-18/h3-8,11-12H,9-10,13,18H2,1-2H3. The molecular formula is C17H22N2O. The molecule has 0 atom stereocenters. The molecule has 0 unspecified atom stereocenters. The molecule has 0 aliphatic rings. The van der Waals surface area contributed by atoms with Crippen LogP contribution in [0.1, 0.15) is 11.1 Å². The molecule has 3 nitrogen and oxygen atoms in total. The molecule has 106 valence electrons. The molecule has 20 heavy (non-hydrogen) atoms. The van der Waals surface area contributed by atoms with Gasteiger partial charge < -0.3 is 15.4 Å². The Balaban J connectivity index is 1.86. The van der Waals surface area contributed by atoms with Crippen molar-refractivity contribution in [1.29, 1.82) is 0 Å². The highest BCUT2D eigenvalue weighted by atomic mass is 16.5. The van der Waals surface area contributed by atoms with Gasteiger partial charge in [0, 0.05) is 19.3 Å². The molecule has 0 amide bonds. The Morgan fingerprint density at radius 1 is 1.10 bits per heavy atom. The number of nitrogens with zero attached hydrogens (tertiary/aromatic N) is 1. The van der Waals surface area contributed by atoms with E-state index < -0.39 is 0 Å². The van der Waals surface area contributed by atoms with Crippen molar-refractivity contribution in [2.24, 2.45) is 5.73 Å². The zero-order valence-electron chi connectivity index (χ0n) is 12.2. The Bertz CT molecular complexity index is 554. The number of rotatable bonds is 6. The molecule has 2 aromatic carbocycles. The summed E-state index contributed by atoms with van der Waals surface area (Å²) in [4.78, 5) is 2.19. The van der Waals surface area contributed by atoms with Gasteiger partial charge in [0.15, 0.2) is 0 Å². The lowest BCUT2D eigenvalue weighted by atomic mass is 10.2. The normalized spacial score (nSPS) is 10.3. The minimum atomic E-state index is 0.542. The highest BCUT2D eigenvalue weighted by Gasteiger charge is 2.01. The molecule has 0 saturated carbocycles. The first-order valence-corrected chi connectivity index (χ1v) is 6.88. The monoisotopic (exact) mass is 270 g/mol. The van der Waals surface area contributed by atoms with Gasteiger partial charge in [-0.25, -0.2) is 0 Å². The van der Waals surface area contributed by atoms with Crippen LogP contribution in [0.15, 0.2) is 48.5 Å². The molecule has 2 rings (SSSR count). The van der Waals surface area contributed by atoms with E-state index in [9.17, 15) is 0 Å². The minimum Gasteiger partial charge on any atom is -0.492 e. The van der Waals surface area contributed by atoms with Gasteiger partial charge in [-0.1, -0.05) is 24.3 Å². The number of hydrogen-bond acceptors (Lipinski definition) is 3. The van der Waals surface area contributed by atoms with Gasteiger partial charge in [-0.2, -0.15) is 0 Å². The molecule has 0 heterocycles. The van der Waals surface area contributed by atoms with E-state index in [1.54, 1.807) is 0 Å². The average molecular weight is 270 g/mol. The lowest BCUT2D eigenvalue weighted by Crippen LogP contribution is -2.23. The van der Waals surface area contributed by atoms with Gasteiger partial charge in [0.1, 0.15) is 12.4 Å². The number of ether oxygens (including phenoxy) is 1. The van der Waals surface area contributed by atoms with Crippen molar-refractivity contribution in [3.05, 3.63) is 59.7 Å². The molecule has 3 heteroatoms. The molecule has 0 spiro atoms. The molecule has 0 aliphatic carbocycles. The molecule has 0 aliphatic heterocycles. The van der Waals surface area contributed by atoms with Crippen LogP contribution in [0.25, 0.3) is 0 Å². The highest BCUT2D eigenvalue weighted by molar-refractivity contribution is 5.47. The van der Waals surface area contributed by atoms with Crippen molar-refractivity contribution in [3.63, 3.8) is 0 Å². The van der Waals surface area contributed by atoms with Crippen molar-refractivity contribution in [1.82, 2.24) is 0 Å². The Morgan fingerprint density at radius 2 is 1.90 bits per heavy atom. The van der Waals surface area contributed by atoms with Gasteiger partial charge in [-0.3, -0.25) is 0 Å². The molecule has 0 radical (unpaired) electrons. The lowest BCUT2D eigenvalue weighted by Gasteiger charge is -2.20. The molecule has 2 aromatic rings. The van der Waals surface area contributed by atoms with Crippen molar-refractivity contribution in [2.45, 2.75) is 13.5 Å². The van der Waals surface area contributed by atoms with Gasteiger partial charge >= 0.3 is 0 Å². The van der Waals surface area contributed by atoms with Crippen molar-refractivity contribution < 1.29 is 4.74 Å². The van der Waals surface area contributed by atoms with E-state index in [2.05, 4.69) is 43.1 Å². The fourth-order valence-electron chi connectivity index (χ4n) is 2.06. The summed E-state index contributed by atoms with van der Waals surface area (Å²) in [7, 11) is 2.08. The van der Waals surface area contributed by atoms with Crippen LogP contribution in [0.5, 0.6) is 5.75 Å². The first-order valence-electron chi connectivity index (χ1n) is 6.88. The number of anilines is 1. The van der Waals surface area contributed by atoms with Gasteiger partial charge in [0.25, 0.3) is 0 Å². The predicted octanol–water partition coefficient (Wildman–Crippen LogP) is 2.97. The van der Waals surface area contributed by atoms with Crippen molar-refractivity contribution >= 4 is 5.69 Å². The van der Waals surface area contributed by atoms with E-state index >= 15 is 0 Å². The minimum absolute atomic E-state index is 0.542. The number of benzene rings is 2. The Hall–Kier alpha value is -2.00. The maximum absolute atomic E-state index is 5.77. The molecular weight excluding hydrogens is 248 g/mol. The Kier molecular flexibility index (Phi) is 5.02. The Morgan fingerprint density at radius 3 is 2.65 bits per heavy atom. The van der Waals surface area contributed by atoms with Gasteiger partial charge in [0.2, 0.25) is 0 Å². The van der Waals surface area contributed by atoms with Crippen LogP contribution in [-0.2, 0) is 6.54 Å². The fourth-order valence-corrected chi connectivity index (χ4v) is 2.06. The quantitative estimate of drug-likeness (QED) is 0.877. The second kappa shape index (κ2) is 6.96. The molecule has 2 N–H and O–H groups in total. The summed E-state index contributed by atoms with van der Waals surface area (Å²) in [6, 6.07) is 16.4. The van der Waals surface area contributed by atoms with E-state index in [-0.39, 0.29) is 0 Å². The summed E-state index contributed by atoms with van der Waals surface area (Å²) in [6.45, 7) is 4.14. The van der Waals surface area contributed by atoms with Crippen LogP contribution >= 0.6 is 0 Å². The smallest absolute Gasteiger partial charge is 0.119 e. The third-order valence-corrected chi connectivity index (χ3v) is 3.27. The topological polar surface area (TPSA) is 38.5 Å². The van der Waals surface area contributed by atoms with Gasteiger partial charge in [-0.15, -0.1) is 0 Å². The summed E-state index contributed by atoms with van der Waals surface area (Å²) in [5, 5.41) is 0. The van der Waals surface area contributed by atoms with Gasteiger partial charge in [-0.05, 0) is 42.3 Å². The maximum atomic E-state index is 5.77. The van der Waals surface area contributed by atoms with Crippen LogP contribution in [0.2, 0.25) is 0 Å². The van der Waals surface area contributed by atoms with E-state index in [1.807, 2.05) is 24.3 Å². The van der Waals surface area contributed by atoms with Crippen LogP contribution in [-0.4, -0.2) is 20.2 Å². The highest BCUT2D eigenvalue weighted by Crippen LogP contribution is 2.15. The molecule has 0 saturated heterocycles. The van der Waals surface area contributed by atoms with E-state index in [0.717, 1.165) is 17.9 Å². The summed E-state index contributed by atoms with van der Waals surface area (Å²) >= 11 is 0. The van der Waals surface area contributed by atoms with E-state index in [4.69, 9.17) is 10.5 Å². The third-order valence-electron chi connectivity index (χ3n) is 3.27. The zero-order chi connectivity index (χ0) is 14.4. The number of likely N-dealkylation sites (N-methyl/N-ethyl adjacent to an activating group) is 1. The first-order chi connectivity index (χ1) is 9.69. The Labute approximate surface area is 121 Å². The SMILES string of the molecule is Cc1cccc(N(C)CCOc2cccc(CN)c2)c1. The van der Waals surface area contributed by atoms with Crippen molar-refractivity contribution in [3.8, 4) is 5.75 Å². The van der Waals surface area contributed by atoms with Crippen LogP contribution in [0.3, 0.4) is 0 Å². The second-order valence-electron chi connectivity index (χ2n) is 4.96. The molecule has 0 aromatic heterocycles. The zero-order valence-corrected chi connectivity index (χ0v) is 12.2. The largest absolute Gasteiger partial charge is 0.492 e. The summed E-state index contributed by atoms with van der Waals surface area (Å²) in [5.74, 6) is 0.880. The van der Waals surface area contributed by atoms with Crippen molar-refractivity contribution in [2.75, 3.05) is 25.1 Å². The summed E-state index contributed by atoms with van der Waals surface area (Å²) in [5.41, 5.74) is 9.20. The van der Waals surface area contributed by atoms with Gasteiger partial charge in [0.05, 0.1) is 6.54 Å². The number of hydrogen-bond donors (Lipinski definition) is 1.